The molecule has 2 aromatic rings. The third kappa shape index (κ3) is 2.25. The van der Waals surface area contributed by atoms with Gasteiger partial charge in [-0.05, 0) is 36.8 Å². The van der Waals surface area contributed by atoms with Gasteiger partial charge in [-0.2, -0.15) is 0 Å². The lowest BCUT2D eigenvalue weighted by atomic mass is 10.2. The van der Waals surface area contributed by atoms with E-state index >= 15 is 0 Å². The van der Waals surface area contributed by atoms with Gasteiger partial charge in [-0.1, -0.05) is 23.7 Å². The molecule has 0 unspecified atom stereocenters. The number of aryl methyl sites for hydroxylation is 1. The predicted molar refractivity (Wildman–Crippen MR) is 67.0 cm³/mol. The number of hydrogen-bond acceptors (Lipinski definition) is 3. The average molecular weight is 233 g/mol. The van der Waals surface area contributed by atoms with Crippen LogP contribution in [0.5, 0.6) is 0 Å². The molecule has 1 aromatic carbocycles. The van der Waals surface area contributed by atoms with Crippen LogP contribution in [-0.4, -0.2) is 4.98 Å². The van der Waals surface area contributed by atoms with E-state index in [0.717, 1.165) is 11.3 Å². The van der Waals surface area contributed by atoms with Crippen LogP contribution >= 0.6 is 11.6 Å². The summed E-state index contributed by atoms with van der Waals surface area (Å²) in [5, 5.41) is 3.53. The monoisotopic (exact) mass is 232 g/mol. The van der Waals surface area contributed by atoms with E-state index in [4.69, 9.17) is 17.3 Å². The topological polar surface area (TPSA) is 50.9 Å². The van der Waals surface area contributed by atoms with Crippen LogP contribution in [0.1, 0.15) is 5.56 Å². The molecule has 16 heavy (non-hydrogen) atoms. The maximum Gasteiger partial charge on any atom is 0.155 e. The number of aromatic nitrogens is 1. The summed E-state index contributed by atoms with van der Waals surface area (Å²) in [5.41, 5.74) is 8.29. The van der Waals surface area contributed by atoms with Gasteiger partial charge >= 0.3 is 0 Å². The summed E-state index contributed by atoms with van der Waals surface area (Å²) in [4.78, 5) is 4.14. The number of halogens is 1. The minimum Gasteiger partial charge on any atom is -0.396 e. The van der Waals surface area contributed by atoms with Crippen molar-refractivity contribution in [1.29, 1.82) is 0 Å². The first-order valence-corrected chi connectivity index (χ1v) is 5.20. The number of nitrogens with one attached hydrogen (secondary N) is 1. The number of nitrogen functional groups attached to an aromatic ring is 1. The van der Waals surface area contributed by atoms with Crippen LogP contribution in [0.15, 0.2) is 30.3 Å². The molecule has 1 radical (unpaired) electrons. The van der Waals surface area contributed by atoms with Crippen molar-refractivity contribution in [2.75, 3.05) is 11.1 Å². The first-order chi connectivity index (χ1) is 7.66. The van der Waals surface area contributed by atoms with Gasteiger partial charge < -0.3 is 11.1 Å². The van der Waals surface area contributed by atoms with Crippen molar-refractivity contribution in [2.45, 2.75) is 6.92 Å². The first-order valence-electron chi connectivity index (χ1n) is 4.82. The lowest BCUT2D eigenvalue weighted by Crippen LogP contribution is -2.01. The Labute approximate surface area is 99.3 Å². The van der Waals surface area contributed by atoms with Gasteiger partial charge in [0.2, 0.25) is 0 Å². The lowest BCUT2D eigenvalue weighted by molar-refractivity contribution is 1.28. The van der Waals surface area contributed by atoms with Gasteiger partial charge in [0.25, 0.3) is 0 Å². The molecule has 0 saturated carbocycles. The van der Waals surface area contributed by atoms with Gasteiger partial charge in [0.1, 0.15) is 5.15 Å². The molecule has 3 nitrogen and oxygen atoms in total. The minimum absolute atomic E-state index is 0.425. The molecule has 1 heterocycles. The van der Waals surface area contributed by atoms with E-state index < -0.39 is 0 Å². The van der Waals surface area contributed by atoms with Crippen molar-refractivity contribution in [3.63, 3.8) is 0 Å². The van der Waals surface area contributed by atoms with Crippen LogP contribution in [-0.2, 0) is 0 Å². The van der Waals surface area contributed by atoms with E-state index in [-0.39, 0.29) is 0 Å². The Morgan fingerprint density at radius 3 is 3.00 bits per heavy atom. The Balaban J connectivity index is 2.35. The number of nitrogens with two attached hydrogens (primary N) is 1. The van der Waals surface area contributed by atoms with Crippen LogP contribution < -0.4 is 11.1 Å². The zero-order chi connectivity index (χ0) is 11.5. The van der Waals surface area contributed by atoms with Crippen molar-refractivity contribution >= 4 is 28.8 Å². The summed E-state index contributed by atoms with van der Waals surface area (Å²) < 4.78 is 0. The van der Waals surface area contributed by atoms with Gasteiger partial charge in [0.05, 0.1) is 5.69 Å². The summed E-state index contributed by atoms with van der Waals surface area (Å²) in [6, 6.07) is 12.1. The molecular weight excluding hydrogens is 222 g/mol. The van der Waals surface area contributed by atoms with E-state index in [9.17, 15) is 0 Å². The number of nitrogens with zero attached hydrogens (tertiary/aromatic N) is 1. The molecule has 0 bridgehead atoms. The number of benzene rings is 1. The molecule has 0 aliphatic carbocycles. The van der Waals surface area contributed by atoms with Crippen LogP contribution in [0.2, 0.25) is 5.15 Å². The largest absolute Gasteiger partial charge is 0.396 e. The summed E-state index contributed by atoms with van der Waals surface area (Å²) in [5.74, 6) is 0.574. The number of hydrogen-bond donors (Lipinski definition) is 2. The van der Waals surface area contributed by atoms with Crippen LogP contribution in [0.25, 0.3) is 0 Å². The van der Waals surface area contributed by atoms with Crippen LogP contribution in [0.3, 0.4) is 0 Å². The van der Waals surface area contributed by atoms with E-state index in [0.29, 0.717) is 16.7 Å². The number of rotatable bonds is 2. The molecule has 0 aliphatic heterocycles. The highest BCUT2D eigenvalue weighted by Gasteiger charge is 2.06. The van der Waals surface area contributed by atoms with E-state index in [2.05, 4.69) is 16.4 Å². The summed E-state index contributed by atoms with van der Waals surface area (Å²) in [6.07, 6.45) is 0. The molecule has 3 N–H and O–H groups in total. The molecule has 81 valence electrons. The molecule has 0 saturated heterocycles. The Bertz CT molecular complexity index is 497. The first kappa shape index (κ1) is 10.8. The molecule has 4 heteroatoms. The van der Waals surface area contributed by atoms with Crippen molar-refractivity contribution in [3.8, 4) is 0 Å². The smallest absolute Gasteiger partial charge is 0.155 e. The normalized spacial score (nSPS) is 10.1. The molecule has 0 amide bonds. The van der Waals surface area contributed by atoms with E-state index in [1.165, 1.54) is 0 Å². The zero-order valence-electron chi connectivity index (χ0n) is 8.79. The summed E-state index contributed by atoms with van der Waals surface area (Å²) >= 11 is 5.87. The van der Waals surface area contributed by atoms with E-state index in [1.54, 1.807) is 6.07 Å². The van der Waals surface area contributed by atoms with Crippen LogP contribution in [0, 0.1) is 13.0 Å². The van der Waals surface area contributed by atoms with Crippen LogP contribution in [0.4, 0.5) is 17.2 Å². The molecule has 1 aromatic heterocycles. The Morgan fingerprint density at radius 1 is 1.50 bits per heavy atom. The number of pyridine rings is 1. The average Bonchev–Trinajstić information content (AvgIpc) is 2.27. The predicted octanol–water partition coefficient (Wildman–Crippen LogP) is 3.17. The number of anilines is 3. The second-order valence-corrected chi connectivity index (χ2v) is 3.83. The third-order valence-corrected chi connectivity index (χ3v) is 2.40. The van der Waals surface area contributed by atoms with Gasteiger partial charge in [-0.3, -0.25) is 0 Å². The van der Waals surface area contributed by atoms with Gasteiger partial charge in [-0.15, -0.1) is 0 Å². The van der Waals surface area contributed by atoms with Gasteiger partial charge in [0, 0.05) is 5.69 Å². The van der Waals surface area contributed by atoms with Crippen molar-refractivity contribution in [2.24, 2.45) is 0 Å². The van der Waals surface area contributed by atoms with Gasteiger partial charge in [-0.25, -0.2) is 4.98 Å². The van der Waals surface area contributed by atoms with Crippen molar-refractivity contribution in [1.82, 2.24) is 4.98 Å². The van der Waals surface area contributed by atoms with Crippen molar-refractivity contribution in [3.05, 3.63) is 47.1 Å². The fourth-order valence-corrected chi connectivity index (χ4v) is 1.59. The summed E-state index contributed by atoms with van der Waals surface area (Å²) in [7, 11) is 0. The van der Waals surface area contributed by atoms with Crippen molar-refractivity contribution < 1.29 is 0 Å². The quantitative estimate of drug-likeness (QED) is 0.782. The second-order valence-electron chi connectivity index (χ2n) is 3.44. The molecule has 0 fully saturated rings. The Hall–Kier alpha value is -1.74. The summed E-state index contributed by atoms with van der Waals surface area (Å²) in [6.45, 7) is 1.89. The van der Waals surface area contributed by atoms with Gasteiger partial charge in [0.15, 0.2) is 5.82 Å². The molecule has 0 atom stereocenters. The maximum atomic E-state index is 5.91. The molecule has 0 aliphatic rings. The highest BCUT2D eigenvalue weighted by molar-refractivity contribution is 6.29. The molecule has 2 rings (SSSR count). The zero-order valence-corrected chi connectivity index (χ0v) is 9.55. The Morgan fingerprint density at radius 2 is 2.31 bits per heavy atom. The molecule has 0 spiro atoms. The highest BCUT2D eigenvalue weighted by Crippen LogP contribution is 2.26. The highest BCUT2D eigenvalue weighted by atomic mass is 35.5. The fraction of sp³-hybridized carbons (Fsp3) is 0.0833. The maximum absolute atomic E-state index is 5.91. The fourth-order valence-electron chi connectivity index (χ4n) is 1.35. The lowest BCUT2D eigenvalue weighted by Gasteiger charge is -2.10. The minimum atomic E-state index is 0.425. The third-order valence-electron chi connectivity index (χ3n) is 2.20. The SMILES string of the molecule is Cc1cc(Cl)nc(Nc2c[c]ccc2)c1N. The standard InChI is InChI=1S/C12H11ClN3/c1-8-7-10(13)16-12(11(8)14)15-9-5-3-2-4-6-9/h2-3,5-7H,14H2,1H3,(H,15,16). The Kier molecular flexibility index (Phi) is 2.97. The van der Waals surface area contributed by atoms with E-state index in [1.807, 2.05) is 31.2 Å². The molecular formula is C12H11ClN3. The second kappa shape index (κ2) is 4.41.